The van der Waals surface area contributed by atoms with Gasteiger partial charge in [0.2, 0.25) is 11.9 Å². The number of primary amides is 1. The summed E-state index contributed by atoms with van der Waals surface area (Å²) in [4.78, 5) is 19.2. The Morgan fingerprint density at radius 1 is 1.29 bits per heavy atom. The number of halogens is 3. The minimum Gasteiger partial charge on any atom is -0.383 e. The number of benzene rings is 1. The maximum atomic E-state index is 13.0. The van der Waals surface area contributed by atoms with Crippen LogP contribution in [0, 0.1) is 18.3 Å². The topological polar surface area (TPSA) is 132 Å². The van der Waals surface area contributed by atoms with Gasteiger partial charge in [-0.3, -0.25) is 4.79 Å². The van der Waals surface area contributed by atoms with Gasteiger partial charge in [-0.2, -0.15) is 13.2 Å². The molecule has 1 saturated carbocycles. The van der Waals surface area contributed by atoms with Crippen LogP contribution in [-0.2, 0) is 16.6 Å². The number of nitrogens with two attached hydrogens (primary N) is 1. The molecule has 186 valence electrons. The second-order valence-electron chi connectivity index (χ2n) is 9.68. The van der Waals surface area contributed by atoms with Gasteiger partial charge in [-0.15, -0.1) is 5.10 Å². The van der Waals surface area contributed by atoms with E-state index in [1.165, 1.54) is 4.68 Å². The van der Waals surface area contributed by atoms with Crippen LogP contribution >= 0.6 is 0 Å². The molecular formula is C23H26F3N7O2. The molecule has 1 aromatic carbocycles. The van der Waals surface area contributed by atoms with Gasteiger partial charge in [0.05, 0.1) is 11.9 Å². The molecule has 4 rings (SSSR count). The van der Waals surface area contributed by atoms with Crippen LogP contribution in [0.2, 0.25) is 0 Å². The molecule has 12 heteroatoms. The molecule has 1 amide bonds. The standard InChI is InChI=1S/C23H26F3N7O2/c1-13-8-14(29-20-28-7-5-17(30-20)23(24,25)26)10-15(9-13)33-11-18(31-32-33)22(35)6-4-16(19(27)34)21(2,3)12-22/h5,7-11,16,35H,4,6,12H2,1-3H3,(H2,27,34)(H,28,29,30). The first-order valence-electron chi connectivity index (χ1n) is 11.0. The first-order chi connectivity index (χ1) is 16.3. The molecule has 9 nitrogen and oxygen atoms in total. The van der Waals surface area contributed by atoms with Crippen LogP contribution in [0.15, 0.2) is 36.7 Å². The van der Waals surface area contributed by atoms with E-state index in [0.717, 1.165) is 17.8 Å². The molecule has 1 aliphatic carbocycles. The van der Waals surface area contributed by atoms with Gasteiger partial charge in [0.25, 0.3) is 0 Å². The molecule has 4 N–H and O–H groups in total. The minimum atomic E-state index is -4.58. The highest BCUT2D eigenvalue weighted by Crippen LogP contribution is 2.49. The lowest BCUT2D eigenvalue weighted by molar-refractivity contribution is -0.141. The molecular weight excluding hydrogens is 463 g/mol. The SMILES string of the molecule is Cc1cc(Nc2nccc(C(F)(F)F)n2)cc(-n2cc(C3(O)CCC(C(N)=O)C(C)(C)C3)nn2)c1. The zero-order valence-corrected chi connectivity index (χ0v) is 19.5. The Labute approximate surface area is 199 Å². The van der Waals surface area contributed by atoms with Crippen molar-refractivity contribution in [3.8, 4) is 5.69 Å². The van der Waals surface area contributed by atoms with E-state index in [4.69, 9.17) is 5.73 Å². The predicted octanol–water partition coefficient (Wildman–Crippen LogP) is 3.63. The summed E-state index contributed by atoms with van der Waals surface area (Å²) in [6, 6.07) is 6.00. The Kier molecular flexibility index (Phi) is 6.04. The van der Waals surface area contributed by atoms with Gasteiger partial charge in [-0.25, -0.2) is 14.6 Å². The van der Waals surface area contributed by atoms with E-state index in [1.807, 2.05) is 26.8 Å². The third-order valence-corrected chi connectivity index (χ3v) is 6.38. The van der Waals surface area contributed by atoms with Crippen molar-refractivity contribution in [1.29, 1.82) is 0 Å². The van der Waals surface area contributed by atoms with Gasteiger partial charge in [-0.1, -0.05) is 19.1 Å². The van der Waals surface area contributed by atoms with Crippen molar-refractivity contribution in [2.45, 2.75) is 51.8 Å². The van der Waals surface area contributed by atoms with E-state index in [9.17, 15) is 23.1 Å². The van der Waals surface area contributed by atoms with Crippen molar-refractivity contribution < 1.29 is 23.1 Å². The van der Waals surface area contributed by atoms with Gasteiger partial charge < -0.3 is 16.2 Å². The molecule has 2 aromatic heterocycles. The van der Waals surface area contributed by atoms with Crippen molar-refractivity contribution in [1.82, 2.24) is 25.0 Å². The van der Waals surface area contributed by atoms with Gasteiger partial charge in [0, 0.05) is 17.8 Å². The highest BCUT2D eigenvalue weighted by Gasteiger charge is 2.48. The van der Waals surface area contributed by atoms with Crippen molar-refractivity contribution in [3.05, 3.63) is 53.6 Å². The summed E-state index contributed by atoms with van der Waals surface area (Å²) in [7, 11) is 0. The number of alkyl halides is 3. The number of carbonyl (C=O) groups excluding carboxylic acids is 1. The lowest BCUT2D eigenvalue weighted by Crippen LogP contribution is -2.46. The largest absolute Gasteiger partial charge is 0.433 e. The Bertz CT molecular complexity index is 1260. The quantitative estimate of drug-likeness (QED) is 0.499. The van der Waals surface area contributed by atoms with Crippen LogP contribution in [0.3, 0.4) is 0 Å². The normalized spacial score (nSPS) is 22.1. The summed E-state index contributed by atoms with van der Waals surface area (Å²) in [5.74, 6) is -0.926. The summed E-state index contributed by atoms with van der Waals surface area (Å²) in [6.45, 7) is 5.61. The number of rotatable bonds is 5. The van der Waals surface area contributed by atoms with E-state index in [1.54, 1.807) is 18.3 Å². The fourth-order valence-electron chi connectivity index (χ4n) is 4.76. The summed E-state index contributed by atoms with van der Waals surface area (Å²) in [5.41, 5.74) is 4.90. The number of carbonyl (C=O) groups is 1. The van der Waals surface area contributed by atoms with Gasteiger partial charge in [-0.05, 0) is 61.4 Å². The maximum absolute atomic E-state index is 13.0. The number of hydrogen-bond donors (Lipinski definition) is 3. The second kappa shape index (κ2) is 8.59. The Hall–Kier alpha value is -3.54. The maximum Gasteiger partial charge on any atom is 0.433 e. The van der Waals surface area contributed by atoms with E-state index >= 15 is 0 Å². The zero-order chi connectivity index (χ0) is 25.6. The molecule has 0 spiro atoms. The van der Waals surface area contributed by atoms with Crippen molar-refractivity contribution >= 4 is 17.5 Å². The summed E-state index contributed by atoms with van der Waals surface area (Å²) >= 11 is 0. The van der Waals surface area contributed by atoms with Crippen LogP contribution in [-0.4, -0.2) is 36.0 Å². The van der Waals surface area contributed by atoms with Crippen LogP contribution < -0.4 is 11.1 Å². The number of aryl methyl sites for hydroxylation is 1. The first-order valence-corrected chi connectivity index (χ1v) is 11.0. The van der Waals surface area contributed by atoms with E-state index in [0.29, 0.717) is 36.3 Å². The molecule has 35 heavy (non-hydrogen) atoms. The van der Waals surface area contributed by atoms with Crippen LogP contribution in [0.5, 0.6) is 0 Å². The average Bonchev–Trinajstić information content (AvgIpc) is 3.23. The summed E-state index contributed by atoms with van der Waals surface area (Å²) < 4.78 is 40.4. The molecule has 1 aliphatic rings. The van der Waals surface area contributed by atoms with Crippen LogP contribution in [0.25, 0.3) is 5.69 Å². The highest BCUT2D eigenvalue weighted by atomic mass is 19.4. The lowest BCUT2D eigenvalue weighted by atomic mass is 9.62. The lowest BCUT2D eigenvalue weighted by Gasteiger charge is -2.44. The first kappa shape index (κ1) is 24.6. The number of anilines is 2. The van der Waals surface area contributed by atoms with E-state index in [2.05, 4.69) is 25.6 Å². The molecule has 2 atom stereocenters. The fraction of sp³-hybridized carbons (Fsp3) is 0.435. The third-order valence-electron chi connectivity index (χ3n) is 6.38. The van der Waals surface area contributed by atoms with Crippen LogP contribution in [0.1, 0.15) is 50.1 Å². The Morgan fingerprint density at radius 3 is 2.69 bits per heavy atom. The molecule has 0 aliphatic heterocycles. The molecule has 2 heterocycles. The molecule has 1 fully saturated rings. The highest BCUT2D eigenvalue weighted by molar-refractivity contribution is 5.77. The van der Waals surface area contributed by atoms with Crippen molar-refractivity contribution in [3.63, 3.8) is 0 Å². The zero-order valence-electron chi connectivity index (χ0n) is 19.5. The van der Waals surface area contributed by atoms with E-state index < -0.39 is 22.9 Å². The fourth-order valence-corrected chi connectivity index (χ4v) is 4.76. The molecule has 0 saturated heterocycles. The number of nitrogens with zero attached hydrogens (tertiary/aromatic N) is 5. The molecule has 0 radical (unpaired) electrons. The minimum absolute atomic E-state index is 0.196. The Balaban J connectivity index is 1.59. The number of nitrogens with one attached hydrogen (secondary N) is 1. The van der Waals surface area contributed by atoms with Gasteiger partial charge in [0.1, 0.15) is 17.0 Å². The Morgan fingerprint density at radius 2 is 2.03 bits per heavy atom. The van der Waals surface area contributed by atoms with E-state index in [-0.39, 0.29) is 17.8 Å². The monoisotopic (exact) mass is 489 g/mol. The smallest absolute Gasteiger partial charge is 0.383 e. The summed E-state index contributed by atoms with van der Waals surface area (Å²) in [5, 5.41) is 22.5. The number of aromatic nitrogens is 5. The van der Waals surface area contributed by atoms with Crippen molar-refractivity contribution in [2.24, 2.45) is 17.1 Å². The number of hydrogen-bond acceptors (Lipinski definition) is 7. The van der Waals surface area contributed by atoms with Gasteiger partial charge >= 0.3 is 6.18 Å². The molecule has 0 bridgehead atoms. The summed E-state index contributed by atoms with van der Waals surface area (Å²) in [6.07, 6.45) is -0.898. The number of amides is 1. The average molecular weight is 490 g/mol. The van der Waals surface area contributed by atoms with Gasteiger partial charge in [0.15, 0.2) is 0 Å². The van der Waals surface area contributed by atoms with Crippen LogP contribution in [0.4, 0.5) is 24.8 Å². The second-order valence-corrected chi connectivity index (χ2v) is 9.68. The van der Waals surface area contributed by atoms with Crippen molar-refractivity contribution in [2.75, 3.05) is 5.32 Å². The molecule has 2 unspecified atom stereocenters. The molecule has 3 aromatic rings. The number of aliphatic hydroxyl groups is 1. The third kappa shape index (κ3) is 5.11. The predicted molar refractivity (Wildman–Crippen MR) is 121 cm³/mol.